The smallest absolute Gasteiger partial charge is 0.270 e. The van der Waals surface area contributed by atoms with Crippen molar-refractivity contribution in [1.29, 1.82) is 0 Å². The third kappa shape index (κ3) is 4.10. The zero-order chi connectivity index (χ0) is 18.7. The number of benzene rings is 1. The standard InChI is InChI=1S/C17H17IN4O4/c1-11-14(18)3-5-16(19-11)20-17(23)13-10-12(22(24)25)2-4-15(13)21-6-8-26-9-7-21/h2-5,10H,6-9H2,1H3,(H,19,20,23). The summed E-state index contributed by atoms with van der Waals surface area (Å²) in [4.78, 5) is 29.8. The van der Waals surface area contributed by atoms with Gasteiger partial charge in [0.15, 0.2) is 0 Å². The number of hydrogen-bond donors (Lipinski definition) is 1. The Morgan fingerprint density at radius 3 is 2.69 bits per heavy atom. The second kappa shape index (κ2) is 7.96. The second-order valence-corrected chi connectivity index (χ2v) is 6.94. The van der Waals surface area contributed by atoms with E-state index in [1.807, 2.05) is 17.9 Å². The monoisotopic (exact) mass is 468 g/mol. The number of non-ortho nitro benzene ring substituents is 1. The molecule has 2 aromatic rings. The van der Waals surface area contributed by atoms with E-state index in [2.05, 4.69) is 32.9 Å². The molecule has 1 amide bonds. The molecule has 1 fully saturated rings. The summed E-state index contributed by atoms with van der Waals surface area (Å²) in [6.45, 7) is 4.20. The lowest BCUT2D eigenvalue weighted by Crippen LogP contribution is -2.37. The molecule has 0 atom stereocenters. The van der Waals surface area contributed by atoms with Gasteiger partial charge in [0.05, 0.1) is 35.1 Å². The lowest BCUT2D eigenvalue weighted by Gasteiger charge is -2.30. The van der Waals surface area contributed by atoms with Crippen LogP contribution >= 0.6 is 22.6 Å². The van der Waals surface area contributed by atoms with E-state index >= 15 is 0 Å². The van der Waals surface area contributed by atoms with Crippen molar-refractivity contribution in [1.82, 2.24) is 4.98 Å². The van der Waals surface area contributed by atoms with Crippen LogP contribution in [-0.2, 0) is 4.74 Å². The van der Waals surface area contributed by atoms with Crippen LogP contribution in [0.3, 0.4) is 0 Å². The minimum absolute atomic E-state index is 0.126. The number of carbonyl (C=O) groups excluding carboxylic acids is 1. The number of nitrogens with zero attached hydrogens (tertiary/aromatic N) is 3. The molecule has 0 radical (unpaired) electrons. The van der Waals surface area contributed by atoms with Crippen LogP contribution in [0.1, 0.15) is 16.1 Å². The number of amides is 1. The van der Waals surface area contributed by atoms with Gasteiger partial charge in [0.1, 0.15) is 5.82 Å². The van der Waals surface area contributed by atoms with Gasteiger partial charge < -0.3 is 15.0 Å². The number of ether oxygens (including phenoxy) is 1. The van der Waals surface area contributed by atoms with Gasteiger partial charge in [-0.1, -0.05) is 0 Å². The molecular formula is C17H17IN4O4. The molecule has 0 bridgehead atoms. The number of aromatic nitrogens is 1. The molecule has 1 aromatic carbocycles. The van der Waals surface area contributed by atoms with Crippen LogP contribution in [0, 0.1) is 20.6 Å². The Labute approximate surface area is 163 Å². The van der Waals surface area contributed by atoms with Crippen molar-refractivity contribution in [2.75, 3.05) is 36.5 Å². The average molecular weight is 468 g/mol. The number of carbonyl (C=O) groups is 1. The first-order chi connectivity index (χ1) is 12.5. The van der Waals surface area contributed by atoms with Crippen LogP contribution in [0.25, 0.3) is 0 Å². The Balaban J connectivity index is 1.94. The van der Waals surface area contributed by atoms with E-state index in [1.165, 1.54) is 12.1 Å². The first-order valence-electron chi connectivity index (χ1n) is 8.01. The minimum Gasteiger partial charge on any atom is -0.378 e. The van der Waals surface area contributed by atoms with E-state index in [0.717, 1.165) is 9.26 Å². The zero-order valence-electron chi connectivity index (χ0n) is 14.1. The van der Waals surface area contributed by atoms with E-state index < -0.39 is 10.8 Å². The molecule has 1 aromatic heterocycles. The van der Waals surface area contributed by atoms with Gasteiger partial charge in [0.25, 0.3) is 11.6 Å². The van der Waals surface area contributed by atoms with Gasteiger partial charge in [-0.05, 0) is 47.7 Å². The predicted molar refractivity (Wildman–Crippen MR) is 106 cm³/mol. The molecule has 9 heteroatoms. The number of nitro benzene ring substituents is 1. The highest BCUT2D eigenvalue weighted by Gasteiger charge is 2.22. The maximum Gasteiger partial charge on any atom is 0.270 e. The number of morpholine rings is 1. The fraction of sp³-hybridized carbons (Fsp3) is 0.294. The highest BCUT2D eigenvalue weighted by Crippen LogP contribution is 2.27. The number of halogens is 1. The number of aryl methyl sites for hydroxylation is 1. The van der Waals surface area contributed by atoms with Crippen molar-refractivity contribution in [2.24, 2.45) is 0 Å². The summed E-state index contributed by atoms with van der Waals surface area (Å²) >= 11 is 2.16. The number of pyridine rings is 1. The molecule has 3 rings (SSSR count). The summed E-state index contributed by atoms with van der Waals surface area (Å²) in [5, 5.41) is 13.9. The van der Waals surface area contributed by atoms with Crippen LogP contribution in [0.5, 0.6) is 0 Å². The fourth-order valence-electron chi connectivity index (χ4n) is 2.70. The van der Waals surface area contributed by atoms with E-state index in [4.69, 9.17) is 4.74 Å². The van der Waals surface area contributed by atoms with Crippen molar-refractivity contribution in [3.63, 3.8) is 0 Å². The number of rotatable bonds is 4. The molecule has 0 spiro atoms. The van der Waals surface area contributed by atoms with Gasteiger partial charge in [0, 0.05) is 28.8 Å². The molecule has 1 aliphatic rings. The van der Waals surface area contributed by atoms with Crippen molar-refractivity contribution in [3.8, 4) is 0 Å². The van der Waals surface area contributed by atoms with Gasteiger partial charge in [-0.2, -0.15) is 0 Å². The fourth-order valence-corrected chi connectivity index (χ4v) is 3.00. The topological polar surface area (TPSA) is 97.6 Å². The molecule has 1 aliphatic heterocycles. The van der Waals surface area contributed by atoms with Crippen LogP contribution < -0.4 is 10.2 Å². The Bertz CT molecular complexity index is 853. The number of nitrogens with one attached hydrogen (secondary N) is 1. The molecule has 1 saturated heterocycles. The Morgan fingerprint density at radius 2 is 2.04 bits per heavy atom. The first-order valence-corrected chi connectivity index (χ1v) is 9.09. The molecular weight excluding hydrogens is 451 g/mol. The third-order valence-electron chi connectivity index (χ3n) is 4.05. The molecule has 0 aliphatic carbocycles. The maximum absolute atomic E-state index is 12.8. The quantitative estimate of drug-likeness (QED) is 0.421. The molecule has 0 saturated carbocycles. The molecule has 26 heavy (non-hydrogen) atoms. The van der Waals surface area contributed by atoms with Crippen LogP contribution in [0.4, 0.5) is 17.2 Å². The van der Waals surface area contributed by atoms with E-state index in [9.17, 15) is 14.9 Å². The molecule has 1 N–H and O–H groups in total. The summed E-state index contributed by atoms with van der Waals surface area (Å²) in [5.74, 6) is -0.0179. The Morgan fingerprint density at radius 1 is 1.31 bits per heavy atom. The highest BCUT2D eigenvalue weighted by molar-refractivity contribution is 14.1. The number of anilines is 2. The zero-order valence-corrected chi connectivity index (χ0v) is 16.2. The van der Waals surface area contributed by atoms with Gasteiger partial charge in [-0.3, -0.25) is 14.9 Å². The largest absolute Gasteiger partial charge is 0.378 e. The summed E-state index contributed by atoms with van der Waals surface area (Å²) in [7, 11) is 0. The summed E-state index contributed by atoms with van der Waals surface area (Å²) < 4.78 is 6.33. The van der Waals surface area contributed by atoms with Crippen LogP contribution in [0.2, 0.25) is 0 Å². The van der Waals surface area contributed by atoms with E-state index in [1.54, 1.807) is 12.1 Å². The van der Waals surface area contributed by atoms with Crippen molar-refractivity contribution in [2.45, 2.75) is 6.92 Å². The van der Waals surface area contributed by atoms with Crippen molar-refractivity contribution < 1.29 is 14.5 Å². The Hall–Kier alpha value is -2.27. The third-order valence-corrected chi connectivity index (χ3v) is 5.19. The molecule has 8 nitrogen and oxygen atoms in total. The first kappa shape index (κ1) is 18.5. The summed E-state index contributed by atoms with van der Waals surface area (Å²) in [6, 6.07) is 7.90. The maximum atomic E-state index is 12.8. The molecule has 136 valence electrons. The van der Waals surface area contributed by atoms with Crippen LogP contribution in [0.15, 0.2) is 30.3 Å². The van der Waals surface area contributed by atoms with Gasteiger partial charge in [-0.15, -0.1) is 0 Å². The molecule has 2 heterocycles. The number of nitro groups is 1. The summed E-state index contributed by atoms with van der Waals surface area (Å²) in [5.41, 5.74) is 1.58. The van der Waals surface area contributed by atoms with Gasteiger partial charge >= 0.3 is 0 Å². The lowest BCUT2D eigenvalue weighted by atomic mass is 10.1. The van der Waals surface area contributed by atoms with E-state index in [0.29, 0.717) is 37.8 Å². The Kier molecular flexibility index (Phi) is 5.67. The van der Waals surface area contributed by atoms with Crippen LogP contribution in [-0.4, -0.2) is 42.1 Å². The normalized spacial score (nSPS) is 14.2. The van der Waals surface area contributed by atoms with Gasteiger partial charge in [0.2, 0.25) is 0 Å². The van der Waals surface area contributed by atoms with Crippen molar-refractivity contribution >= 4 is 45.7 Å². The van der Waals surface area contributed by atoms with E-state index in [-0.39, 0.29) is 11.3 Å². The lowest BCUT2D eigenvalue weighted by molar-refractivity contribution is -0.384. The minimum atomic E-state index is -0.507. The second-order valence-electron chi connectivity index (χ2n) is 5.78. The van der Waals surface area contributed by atoms with Crippen molar-refractivity contribution in [3.05, 3.63) is 55.3 Å². The number of hydrogen-bond acceptors (Lipinski definition) is 6. The average Bonchev–Trinajstić information content (AvgIpc) is 2.65. The van der Waals surface area contributed by atoms with Gasteiger partial charge in [-0.25, -0.2) is 4.98 Å². The summed E-state index contributed by atoms with van der Waals surface area (Å²) in [6.07, 6.45) is 0. The predicted octanol–water partition coefficient (Wildman–Crippen LogP) is 2.99. The SMILES string of the molecule is Cc1nc(NC(=O)c2cc([N+](=O)[O-])ccc2N2CCOCC2)ccc1I. The molecule has 0 unspecified atom stereocenters. The highest BCUT2D eigenvalue weighted by atomic mass is 127.